The molecule has 7 heteroatoms. The van der Waals surface area contributed by atoms with Crippen LogP contribution in [0.4, 0.5) is 5.82 Å². The van der Waals surface area contributed by atoms with Crippen LogP contribution < -0.4 is 5.32 Å². The van der Waals surface area contributed by atoms with Crippen molar-refractivity contribution in [1.29, 1.82) is 0 Å². The number of hydrogen-bond donors (Lipinski definition) is 2. The van der Waals surface area contributed by atoms with Crippen molar-refractivity contribution in [2.45, 2.75) is 24.7 Å². The number of aromatic amines is 1. The van der Waals surface area contributed by atoms with Crippen molar-refractivity contribution in [2.24, 2.45) is 0 Å². The minimum atomic E-state index is -0.141. The molecular formula is C14H15Cl2N3OS. The lowest BCUT2D eigenvalue weighted by Crippen LogP contribution is -2.14. The lowest BCUT2D eigenvalue weighted by atomic mass is 10.1. The van der Waals surface area contributed by atoms with Crippen LogP contribution in [0.1, 0.15) is 25.5 Å². The predicted octanol–water partition coefficient (Wildman–Crippen LogP) is 4.57. The zero-order chi connectivity index (χ0) is 15.4. The third-order valence-electron chi connectivity index (χ3n) is 2.74. The van der Waals surface area contributed by atoms with Gasteiger partial charge in [-0.1, -0.05) is 37.0 Å². The van der Waals surface area contributed by atoms with Crippen LogP contribution in [-0.4, -0.2) is 21.9 Å². The number of thioether (sulfide) groups is 1. The molecule has 1 aromatic carbocycles. The molecule has 112 valence electrons. The van der Waals surface area contributed by atoms with E-state index in [0.29, 0.717) is 21.8 Å². The molecule has 4 nitrogen and oxygen atoms in total. The highest BCUT2D eigenvalue weighted by Gasteiger charge is 2.10. The van der Waals surface area contributed by atoms with Crippen LogP contribution in [0.25, 0.3) is 0 Å². The van der Waals surface area contributed by atoms with Gasteiger partial charge in [0.15, 0.2) is 5.82 Å². The molecule has 0 aliphatic carbocycles. The number of halogens is 2. The van der Waals surface area contributed by atoms with Crippen molar-refractivity contribution < 1.29 is 4.79 Å². The summed E-state index contributed by atoms with van der Waals surface area (Å²) >= 11 is 13.3. The predicted molar refractivity (Wildman–Crippen MR) is 88.5 cm³/mol. The molecule has 0 fully saturated rings. The van der Waals surface area contributed by atoms with Crippen LogP contribution in [0, 0.1) is 0 Å². The second kappa shape index (κ2) is 7.20. The number of H-pyrrole nitrogens is 1. The SMILES string of the molecule is CC(C)c1cc(NC(=O)CSc2cc(Cl)ccc2Cl)n[nH]1. The third kappa shape index (κ3) is 4.66. The molecule has 1 aromatic heterocycles. The van der Waals surface area contributed by atoms with Gasteiger partial charge in [-0.15, -0.1) is 11.8 Å². The third-order valence-corrected chi connectivity index (χ3v) is 4.47. The summed E-state index contributed by atoms with van der Waals surface area (Å²) in [5.74, 6) is 0.964. The Morgan fingerprint density at radius 2 is 2.14 bits per heavy atom. The molecule has 2 N–H and O–H groups in total. The first-order chi connectivity index (χ1) is 9.95. The standard InChI is InChI=1S/C14H15Cl2N3OS/c1-8(2)11-6-13(19-18-11)17-14(20)7-21-12-5-9(15)3-4-10(12)16/h3-6,8H,7H2,1-2H3,(H2,17,18,19,20). The molecule has 0 atom stereocenters. The van der Waals surface area contributed by atoms with Crippen LogP contribution in [0.2, 0.25) is 10.0 Å². The van der Waals surface area contributed by atoms with Crippen LogP contribution in [-0.2, 0) is 4.79 Å². The quantitative estimate of drug-likeness (QED) is 0.781. The van der Waals surface area contributed by atoms with E-state index in [0.717, 1.165) is 10.6 Å². The number of carbonyl (C=O) groups is 1. The van der Waals surface area contributed by atoms with Crippen LogP contribution in [0.15, 0.2) is 29.2 Å². The van der Waals surface area contributed by atoms with Gasteiger partial charge in [0.05, 0.1) is 10.8 Å². The summed E-state index contributed by atoms with van der Waals surface area (Å²) in [6.07, 6.45) is 0. The fourth-order valence-corrected chi connectivity index (χ4v) is 2.90. The van der Waals surface area contributed by atoms with Gasteiger partial charge < -0.3 is 5.32 Å². The van der Waals surface area contributed by atoms with Gasteiger partial charge in [0.25, 0.3) is 0 Å². The van der Waals surface area contributed by atoms with Gasteiger partial charge in [0.1, 0.15) is 0 Å². The highest BCUT2D eigenvalue weighted by atomic mass is 35.5. The van der Waals surface area contributed by atoms with Gasteiger partial charge in [-0.2, -0.15) is 5.10 Å². The Morgan fingerprint density at radius 3 is 2.81 bits per heavy atom. The molecule has 2 rings (SSSR count). The Kier molecular flexibility index (Phi) is 5.56. The molecule has 0 aliphatic rings. The number of benzene rings is 1. The summed E-state index contributed by atoms with van der Waals surface area (Å²) in [5.41, 5.74) is 0.982. The summed E-state index contributed by atoms with van der Waals surface area (Å²) in [7, 11) is 0. The van der Waals surface area contributed by atoms with Gasteiger partial charge in [-0.05, 0) is 24.1 Å². The first-order valence-corrected chi connectivity index (χ1v) is 8.13. The van der Waals surface area contributed by atoms with Crippen LogP contribution in [0.3, 0.4) is 0 Å². The van der Waals surface area contributed by atoms with Crippen molar-refractivity contribution in [3.05, 3.63) is 40.0 Å². The van der Waals surface area contributed by atoms with Crippen molar-refractivity contribution in [3.63, 3.8) is 0 Å². The monoisotopic (exact) mass is 343 g/mol. The van der Waals surface area contributed by atoms with Crippen molar-refractivity contribution in [1.82, 2.24) is 10.2 Å². The Morgan fingerprint density at radius 1 is 1.38 bits per heavy atom. The van der Waals surface area contributed by atoms with E-state index in [4.69, 9.17) is 23.2 Å². The second-order valence-corrected chi connectivity index (χ2v) is 6.64. The minimum Gasteiger partial charge on any atom is -0.308 e. The number of carbonyl (C=O) groups excluding carboxylic acids is 1. The van der Waals surface area contributed by atoms with E-state index in [-0.39, 0.29) is 11.7 Å². The number of aromatic nitrogens is 2. The Labute approximate surface area is 137 Å². The van der Waals surface area contributed by atoms with Crippen LogP contribution >= 0.6 is 35.0 Å². The lowest BCUT2D eigenvalue weighted by molar-refractivity contribution is -0.113. The van der Waals surface area contributed by atoms with Crippen LogP contribution in [0.5, 0.6) is 0 Å². The number of hydrogen-bond acceptors (Lipinski definition) is 3. The van der Waals surface area contributed by atoms with Gasteiger partial charge in [-0.3, -0.25) is 9.89 Å². The molecule has 0 saturated heterocycles. The molecule has 0 radical (unpaired) electrons. The van der Waals surface area contributed by atoms with Crippen molar-refractivity contribution in [3.8, 4) is 0 Å². The summed E-state index contributed by atoms with van der Waals surface area (Å²) in [5, 5.41) is 10.9. The summed E-state index contributed by atoms with van der Waals surface area (Å²) < 4.78 is 0. The van der Waals surface area contributed by atoms with Gasteiger partial charge in [0, 0.05) is 21.7 Å². The largest absolute Gasteiger partial charge is 0.308 e. The maximum Gasteiger partial charge on any atom is 0.235 e. The van der Waals surface area contributed by atoms with Gasteiger partial charge >= 0.3 is 0 Å². The molecule has 0 spiro atoms. The summed E-state index contributed by atoms with van der Waals surface area (Å²) in [4.78, 5) is 12.7. The molecule has 0 bridgehead atoms. The summed E-state index contributed by atoms with van der Waals surface area (Å²) in [6, 6.07) is 7.00. The first-order valence-electron chi connectivity index (χ1n) is 6.38. The van der Waals surface area contributed by atoms with E-state index in [1.165, 1.54) is 11.8 Å². The Bertz CT molecular complexity index is 643. The maximum absolute atomic E-state index is 11.9. The number of nitrogens with zero attached hydrogens (tertiary/aromatic N) is 1. The molecule has 2 aromatic rings. The topological polar surface area (TPSA) is 57.8 Å². The van der Waals surface area contributed by atoms with E-state index in [2.05, 4.69) is 29.4 Å². The van der Waals surface area contributed by atoms with E-state index in [1.54, 1.807) is 18.2 Å². The maximum atomic E-state index is 11.9. The zero-order valence-corrected chi connectivity index (χ0v) is 13.9. The van der Waals surface area contributed by atoms with Gasteiger partial charge in [0.2, 0.25) is 5.91 Å². The highest BCUT2D eigenvalue weighted by molar-refractivity contribution is 8.00. The molecule has 1 amide bonds. The average molecular weight is 344 g/mol. The fourth-order valence-electron chi connectivity index (χ4n) is 1.61. The zero-order valence-electron chi connectivity index (χ0n) is 11.6. The number of amides is 1. The molecule has 0 unspecified atom stereocenters. The normalized spacial score (nSPS) is 10.9. The van der Waals surface area contributed by atoms with Crippen molar-refractivity contribution in [2.75, 3.05) is 11.1 Å². The first kappa shape index (κ1) is 16.2. The fraction of sp³-hybridized carbons (Fsp3) is 0.286. The highest BCUT2D eigenvalue weighted by Crippen LogP contribution is 2.29. The summed E-state index contributed by atoms with van der Waals surface area (Å²) in [6.45, 7) is 4.10. The van der Waals surface area contributed by atoms with Crippen molar-refractivity contribution >= 4 is 46.7 Å². The van der Waals surface area contributed by atoms with E-state index >= 15 is 0 Å². The molecule has 0 saturated carbocycles. The minimum absolute atomic E-state index is 0.141. The molecular weight excluding hydrogens is 329 g/mol. The van der Waals surface area contributed by atoms with E-state index < -0.39 is 0 Å². The van der Waals surface area contributed by atoms with E-state index in [9.17, 15) is 4.79 Å². The van der Waals surface area contributed by atoms with Gasteiger partial charge in [-0.25, -0.2) is 0 Å². The molecule has 0 aliphatic heterocycles. The van der Waals surface area contributed by atoms with E-state index in [1.807, 2.05) is 6.07 Å². The lowest BCUT2D eigenvalue weighted by Gasteiger charge is -2.04. The number of anilines is 1. The molecule has 21 heavy (non-hydrogen) atoms. The average Bonchev–Trinajstić information content (AvgIpc) is 2.88. The second-order valence-electron chi connectivity index (χ2n) is 4.77. The number of rotatable bonds is 5. The Hall–Kier alpha value is -1.17. The smallest absolute Gasteiger partial charge is 0.235 e. The molecule has 1 heterocycles. The number of nitrogens with one attached hydrogen (secondary N) is 2. The Balaban J connectivity index is 1.91.